The highest BCUT2D eigenvalue weighted by molar-refractivity contribution is 4.99. The van der Waals surface area contributed by atoms with E-state index in [0.717, 1.165) is 26.1 Å². The van der Waals surface area contributed by atoms with Gasteiger partial charge in [0, 0.05) is 6.61 Å². The van der Waals surface area contributed by atoms with Gasteiger partial charge in [-0.2, -0.15) is 0 Å². The van der Waals surface area contributed by atoms with Gasteiger partial charge < -0.3 is 9.47 Å². The van der Waals surface area contributed by atoms with Crippen LogP contribution in [0.15, 0.2) is 12.2 Å². The number of rotatable bonds is 0. The van der Waals surface area contributed by atoms with Gasteiger partial charge >= 0.3 is 0 Å². The average molecular weight is 140 g/mol. The molecule has 0 aromatic heterocycles. The molecule has 0 aromatic carbocycles. The van der Waals surface area contributed by atoms with Crippen molar-refractivity contribution in [2.24, 2.45) is 0 Å². The minimum atomic E-state index is 0.252. The van der Waals surface area contributed by atoms with E-state index in [-0.39, 0.29) is 6.10 Å². The first-order valence-electron chi connectivity index (χ1n) is 3.87. The standard InChI is InChI=1S/C8H12O2/c1-3-7-8(9-5-1)4-2-6-10-7/h1,3,7-8H,2,4-6H2/t7-,8-/m0/s1. The quantitative estimate of drug-likeness (QED) is 0.469. The predicted molar refractivity (Wildman–Crippen MR) is 37.9 cm³/mol. The minimum Gasteiger partial charge on any atom is -0.371 e. The number of hydrogen-bond acceptors (Lipinski definition) is 2. The number of ether oxygens (including phenoxy) is 2. The van der Waals surface area contributed by atoms with Crippen molar-refractivity contribution < 1.29 is 9.47 Å². The van der Waals surface area contributed by atoms with Crippen molar-refractivity contribution in [1.82, 2.24) is 0 Å². The molecule has 2 heterocycles. The van der Waals surface area contributed by atoms with E-state index in [1.54, 1.807) is 0 Å². The summed E-state index contributed by atoms with van der Waals surface area (Å²) in [5.74, 6) is 0. The van der Waals surface area contributed by atoms with Crippen molar-refractivity contribution in [2.75, 3.05) is 13.2 Å². The van der Waals surface area contributed by atoms with E-state index in [9.17, 15) is 0 Å². The first-order chi connectivity index (χ1) is 4.97. The lowest BCUT2D eigenvalue weighted by Gasteiger charge is -2.31. The Morgan fingerprint density at radius 3 is 3.20 bits per heavy atom. The Hall–Kier alpha value is -0.340. The lowest BCUT2D eigenvalue weighted by Crippen LogP contribution is -2.37. The van der Waals surface area contributed by atoms with Gasteiger partial charge in [0.15, 0.2) is 0 Å². The zero-order chi connectivity index (χ0) is 6.81. The lowest BCUT2D eigenvalue weighted by atomic mass is 10.0. The molecule has 2 heteroatoms. The van der Waals surface area contributed by atoms with Crippen molar-refractivity contribution in [3.8, 4) is 0 Å². The van der Waals surface area contributed by atoms with E-state index in [1.807, 2.05) is 6.08 Å². The van der Waals surface area contributed by atoms with Crippen LogP contribution in [-0.4, -0.2) is 25.4 Å². The highest BCUT2D eigenvalue weighted by atomic mass is 16.5. The van der Waals surface area contributed by atoms with E-state index in [2.05, 4.69) is 6.08 Å². The Labute approximate surface area is 60.8 Å². The maximum atomic E-state index is 5.47. The average Bonchev–Trinajstić information content (AvgIpc) is 2.05. The molecule has 0 radical (unpaired) electrons. The van der Waals surface area contributed by atoms with Crippen molar-refractivity contribution in [3.05, 3.63) is 12.2 Å². The van der Waals surface area contributed by atoms with Gasteiger partial charge in [0.1, 0.15) is 6.10 Å². The maximum absolute atomic E-state index is 5.47. The highest BCUT2D eigenvalue weighted by Crippen LogP contribution is 2.20. The van der Waals surface area contributed by atoms with E-state index in [0.29, 0.717) is 6.10 Å². The van der Waals surface area contributed by atoms with Gasteiger partial charge in [-0.25, -0.2) is 0 Å². The summed E-state index contributed by atoms with van der Waals surface area (Å²) in [6.07, 6.45) is 7.06. The second kappa shape index (κ2) is 2.72. The minimum absolute atomic E-state index is 0.252. The fraction of sp³-hybridized carbons (Fsp3) is 0.750. The Morgan fingerprint density at radius 1 is 1.30 bits per heavy atom. The van der Waals surface area contributed by atoms with Crippen molar-refractivity contribution >= 4 is 0 Å². The molecular formula is C8H12O2. The smallest absolute Gasteiger partial charge is 0.102 e. The van der Waals surface area contributed by atoms with Gasteiger partial charge in [-0.1, -0.05) is 12.2 Å². The molecule has 2 nitrogen and oxygen atoms in total. The summed E-state index contributed by atoms with van der Waals surface area (Å²) < 4.78 is 10.9. The van der Waals surface area contributed by atoms with Crippen molar-refractivity contribution in [2.45, 2.75) is 25.0 Å². The third kappa shape index (κ3) is 1.09. The molecule has 0 aromatic rings. The molecule has 10 heavy (non-hydrogen) atoms. The summed E-state index contributed by atoms with van der Waals surface area (Å²) in [5.41, 5.74) is 0. The van der Waals surface area contributed by atoms with Crippen LogP contribution >= 0.6 is 0 Å². The highest BCUT2D eigenvalue weighted by Gasteiger charge is 2.25. The first kappa shape index (κ1) is 6.38. The maximum Gasteiger partial charge on any atom is 0.102 e. The van der Waals surface area contributed by atoms with Crippen LogP contribution in [-0.2, 0) is 9.47 Å². The molecule has 1 fully saturated rings. The van der Waals surface area contributed by atoms with Gasteiger partial charge in [0.05, 0.1) is 12.7 Å². The van der Waals surface area contributed by atoms with Crippen LogP contribution in [0.25, 0.3) is 0 Å². The molecule has 1 saturated heterocycles. The monoisotopic (exact) mass is 140 g/mol. The molecule has 0 unspecified atom stereocenters. The first-order valence-corrected chi connectivity index (χ1v) is 3.87. The zero-order valence-electron chi connectivity index (χ0n) is 5.95. The molecule has 2 atom stereocenters. The normalized spacial score (nSPS) is 39.2. The van der Waals surface area contributed by atoms with Gasteiger partial charge in [0.25, 0.3) is 0 Å². The van der Waals surface area contributed by atoms with Gasteiger partial charge in [-0.05, 0) is 12.8 Å². The molecule has 0 aliphatic carbocycles. The van der Waals surface area contributed by atoms with E-state index in [1.165, 1.54) is 0 Å². The van der Waals surface area contributed by atoms with Crippen molar-refractivity contribution in [1.29, 1.82) is 0 Å². The summed E-state index contributed by atoms with van der Waals surface area (Å²) in [5, 5.41) is 0. The lowest BCUT2D eigenvalue weighted by molar-refractivity contribution is -0.0853. The molecule has 2 aliphatic heterocycles. The second-order valence-corrected chi connectivity index (χ2v) is 2.78. The van der Waals surface area contributed by atoms with Crippen LogP contribution in [0.4, 0.5) is 0 Å². The summed E-state index contributed by atoms with van der Waals surface area (Å²) in [7, 11) is 0. The van der Waals surface area contributed by atoms with Crippen LogP contribution in [0.5, 0.6) is 0 Å². The number of fused-ring (bicyclic) bond motifs is 1. The summed E-state index contributed by atoms with van der Waals surface area (Å²) in [4.78, 5) is 0. The summed E-state index contributed by atoms with van der Waals surface area (Å²) in [6, 6.07) is 0. The Bertz CT molecular complexity index is 142. The molecular weight excluding hydrogens is 128 g/mol. The van der Waals surface area contributed by atoms with Gasteiger partial charge in [-0.15, -0.1) is 0 Å². The molecule has 2 rings (SSSR count). The third-order valence-electron chi connectivity index (χ3n) is 2.04. The molecule has 2 aliphatic rings. The SMILES string of the molecule is C1=C[C@@H]2OCCC[C@@H]2OC1. The van der Waals surface area contributed by atoms with Crippen LogP contribution in [0, 0.1) is 0 Å². The largest absolute Gasteiger partial charge is 0.371 e. The fourth-order valence-corrected chi connectivity index (χ4v) is 1.50. The van der Waals surface area contributed by atoms with E-state index in [4.69, 9.17) is 9.47 Å². The molecule has 0 saturated carbocycles. The van der Waals surface area contributed by atoms with Gasteiger partial charge in [-0.3, -0.25) is 0 Å². The van der Waals surface area contributed by atoms with Crippen LogP contribution in [0.2, 0.25) is 0 Å². The summed E-state index contributed by atoms with van der Waals surface area (Å²) in [6.45, 7) is 1.67. The predicted octanol–water partition coefficient (Wildman–Crippen LogP) is 1.12. The van der Waals surface area contributed by atoms with Crippen LogP contribution in [0.3, 0.4) is 0 Å². The number of hydrogen-bond donors (Lipinski definition) is 0. The van der Waals surface area contributed by atoms with Crippen molar-refractivity contribution in [3.63, 3.8) is 0 Å². The zero-order valence-corrected chi connectivity index (χ0v) is 5.95. The topological polar surface area (TPSA) is 18.5 Å². The van der Waals surface area contributed by atoms with Gasteiger partial charge in [0.2, 0.25) is 0 Å². The molecule has 56 valence electrons. The Morgan fingerprint density at radius 2 is 2.30 bits per heavy atom. The molecule has 0 amide bonds. The second-order valence-electron chi connectivity index (χ2n) is 2.78. The molecule has 0 N–H and O–H groups in total. The molecule has 0 spiro atoms. The van der Waals surface area contributed by atoms with Crippen LogP contribution < -0.4 is 0 Å². The fourth-order valence-electron chi connectivity index (χ4n) is 1.50. The molecule has 0 bridgehead atoms. The van der Waals surface area contributed by atoms with E-state index < -0.39 is 0 Å². The summed E-state index contributed by atoms with van der Waals surface area (Å²) >= 11 is 0. The third-order valence-corrected chi connectivity index (χ3v) is 2.04. The Balaban J connectivity index is 2.03. The Kier molecular flexibility index (Phi) is 1.74. The van der Waals surface area contributed by atoms with E-state index >= 15 is 0 Å². The van der Waals surface area contributed by atoms with Crippen LogP contribution in [0.1, 0.15) is 12.8 Å².